The summed E-state index contributed by atoms with van der Waals surface area (Å²) in [5, 5.41) is 0. The van der Waals surface area contributed by atoms with Gasteiger partial charge in [0, 0.05) is 19.7 Å². The molecule has 0 radical (unpaired) electrons. The van der Waals surface area contributed by atoms with Gasteiger partial charge < -0.3 is 10.6 Å². The molecule has 2 rings (SSSR count). The highest BCUT2D eigenvalue weighted by Gasteiger charge is 2.21. The van der Waals surface area contributed by atoms with Gasteiger partial charge in [0.2, 0.25) is 5.95 Å². The Morgan fingerprint density at radius 1 is 1.15 bits per heavy atom. The predicted octanol–water partition coefficient (Wildman–Crippen LogP) is 2.04. The summed E-state index contributed by atoms with van der Waals surface area (Å²) in [5.74, 6) is 0.0526. The molecule has 20 heavy (non-hydrogen) atoms. The molecule has 0 saturated heterocycles. The van der Waals surface area contributed by atoms with E-state index in [2.05, 4.69) is 9.97 Å². The van der Waals surface area contributed by atoms with Crippen molar-refractivity contribution >= 4 is 11.9 Å². The highest BCUT2D eigenvalue weighted by molar-refractivity contribution is 6.01. The Morgan fingerprint density at radius 3 is 2.40 bits per heavy atom. The van der Waals surface area contributed by atoms with E-state index in [0.29, 0.717) is 17.0 Å². The van der Waals surface area contributed by atoms with E-state index >= 15 is 0 Å². The van der Waals surface area contributed by atoms with Crippen LogP contribution in [0.3, 0.4) is 0 Å². The van der Waals surface area contributed by atoms with Crippen LogP contribution in [0.15, 0.2) is 24.3 Å². The largest absolute Gasteiger partial charge is 0.368 e. The molecular formula is C15H18N4O. The summed E-state index contributed by atoms with van der Waals surface area (Å²) in [6.45, 7) is 3.75. The first-order valence-electron chi connectivity index (χ1n) is 6.33. The van der Waals surface area contributed by atoms with Gasteiger partial charge in [-0.3, -0.25) is 4.79 Å². The third kappa shape index (κ3) is 2.47. The average molecular weight is 270 g/mol. The Bertz CT molecular complexity index is 665. The monoisotopic (exact) mass is 270 g/mol. The summed E-state index contributed by atoms with van der Waals surface area (Å²) < 4.78 is 0. The first kappa shape index (κ1) is 14.0. The number of nitrogens with zero attached hydrogens (tertiary/aromatic N) is 3. The maximum Gasteiger partial charge on any atom is 0.257 e. The molecule has 1 aromatic heterocycles. The molecule has 0 aliphatic rings. The molecule has 0 aliphatic heterocycles. The maximum atomic E-state index is 12.4. The van der Waals surface area contributed by atoms with E-state index in [1.165, 1.54) is 4.90 Å². The van der Waals surface area contributed by atoms with Crippen LogP contribution in [-0.2, 0) is 0 Å². The first-order chi connectivity index (χ1) is 9.41. The number of aryl methyl sites for hydroxylation is 2. The topological polar surface area (TPSA) is 72.1 Å². The van der Waals surface area contributed by atoms with E-state index < -0.39 is 0 Å². The molecule has 0 aliphatic carbocycles. The molecule has 0 bridgehead atoms. The van der Waals surface area contributed by atoms with Crippen LogP contribution in [0.25, 0.3) is 11.3 Å². The number of anilines is 1. The van der Waals surface area contributed by atoms with Crippen molar-refractivity contribution in [2.45, 2.75) is 13.8 Å². The van der Waals surface area contributed by atoms with Gasteiger partial charge in [0.1, 0.15) is 0 Å². The summed E-state index contributed by atoms with van der Waals surface area (Å²) in [6.07, 6.45) is 0. The Morgan fingerprint density at radius 2 is 1.80 bits per heavy atom. The lowest BCUT2D eigenvalue weighted by molar-refractivity contribution is 0.0827. The van der Waals surface area contributed by atoms with Gasteiger partial charge in [-0.1, -0.05) is 24.3 Å². The minimum absolute atomic E-state index is 0.124. The second-order valence-electron chi connectivity index (χ2n) is 4.91. The Labute approximate surface area is 118 Å². The second-order valence-corrected chi connectivity index (χ2v) is 4.91. The van der Waals surface area contributed by atoms with Crippen LogP contribution in [0.1, 0.15) is 21.6 Å². The summed E-state index contributed by atoms with van der Waals surface area (Å²) in [6, 6.07) is 7.78. The van der Waals surface area contributed by atoms with Gasteiger partial charge in [-0.05, 0) is 19.4 Å². The van der Waals surface area contributed by atoms with E-state index in [4.69, 9.17) is 5.73 Å². The van der Waals surface area contributed by atoms with E-state index in [9.17, 15) is 4.79 Å². The molecule has 104 valence electrons. The molecule has 0 saturated carbocycles. The van der Waals surface area contributed by atoms with Crippen LogP contribution in [-0.4, -0.2) is 34.9 Å². The Hall–Kier alpha value is -2.43. The van der Waals surface area contributed by atoms with Gasteiger partial charge in [-0.15, -0.1) is 0 Å². The molecule has 5 heteroatoms. The summed E-state index contributed by atoms with van der Waals surface area (Å²) in [7, 11) is 3.42. The molecule has 0 atom stereocenters. The zero-order chi connectivity index (χ0) is 14.9. The molecule has 0 unspecified atom stereocenters. The first-order valence-corrected chi connectivity index (χ1v) is 6.33. The lowest BCUT2D eigenvalue weighted by atomic mass is 9.99. The third-order valence-corrected chi connectivity index (χ3v) is 3.13. The Balaban J connectivity index is 2.75. The van der Waals surface area contributed by atoms with Crippen LogP contribution in [0.2, 0.25) is 0 Å². The van der Waals surface area contributed by atoms with Crippen LogP contribution in [0.4, 0.5) is 5.95 Å². The van der Waals surface area contributed by atoms with Crippen molar-refractivity contribution in [1.29, 1.82) is 0 Å². The van der Waals surface area contributed by atoms with Crippen molar-refractivity contribution in [3.63, 3.8) is 0 Å². The fourth-order valence-corrected chi connectivity index (χ4v) is 2.11. The van der Waals surface area contributed by atoms with Gasteiger partial charge >= 0.3 is 0 Å². The van der Waals surface area contributed by atoms with Crippen LogP contribution in [0.5, 0.6) is 0 Å². The molecule has 1 amide bonds. The molecule has 1 aromatic carbocycles. The van der Waals surface area contributed by atoms with Gasteiger partial charge in [-0.2, -0.15) is 0 Å². The molecule has 5 nitrogen and oxygen atoms in total. The average Bonchev–Trinajstić information content (AvgIpc) is 2.37. The molecule has 0 fully saturated rings. The molecule has 1 heterocycles. The number of nitrogens with two attached hydrogens (primary N) is 1. The van der Waals surface area contributed by atoms with Crippen molar-refractivity contribution in [1.82, 2.24) is 14.9 Å². The van der Waals surface area contributed by atoms with Crippen LogP contribution < -0.4 is 5.73 Å². The van der Waals surface area contributed by atoms with Crippen molar-refractivity contribution in [2.24, 2.45) is 0 Å². The quantitative estimate of drug-likeness (QED) is 0.906. The van der Waals surface area contributed by atoms with Crippen LogP contribution >= 0.6 is 0 Å². The molecule has 0 spiro atoms. The predicted molar refractivity (Wildman–Crippen MR) is 79.4 cm³/mol. The zero-order valence-electron chi connectivity index (χ0n) is 12.1. The summed E-state index contributed by atoms with van der Waals surface area (Å²) in [5.41, 5.74) is 9.36. The third-order valence-electron chi connectivity index (χ3n) is 3.13. The van der Waals surface area contributed by atoms with Gasteiger partial charge in [0.15, 0.2) is 0 Å². The molecule has 2 aromatic rings. The number of aromatic nitrogens is 2. The summed E-state index contributed by atoms with van der Waals surface area (Å²) in [4.78, 5) is 22.3. The van der Waals surface area contributed by atoms with Crippen molar-refractivity contribution in [3.8, 4) is 11.3 Å². The van der Waals surface area contributed by atoms with E-state index in [1.54, 1.807) is 21.0 Å². The lowest BCUT2D eigenvalue weighted by Crippen LogP contribution is -2.24. The summed E-state index contributed by atoms with van der Waals surface area (Å²) >= 11 is 0. The number of hydrogen-bond donors (Lipinski definition) is 1. The van der Waals surface area contributed by atoms with E-state index in [1.807, 2.05) is 31.2 Å². The minimum Gasteiger partial charge on any atom is -0.368 e. The number of nitrogen functional groups attached to an aromatic ring is 1. The van der Waals surface area contributed by atoms with Crippen molar-refractivity contribution in [3.05, 3.63) is 41.1 Å². The van der Waals surface area contributed by atoms with Crippen molar-refractivity contribution in [2.75, 3.05) is 19.8 Å². The zero-order valence-corrected chi connectivity index (χ0v) is 12.1. The minimum atomic E-state index is -0.124. The smallest absolute Gasteiger partial charge is 0.257 e. The molecular weight excluding hydrogens is 252 g/mol. The lowest BCUT2D eigenvalue weighted by Gasteiger charge is -2.16. The standard InChI is InChI=1S/C15H18N4O/c1-9-7-5-6-8-11(9)13-12(14(20)19(3)4)10(2)17-15(16)18-13/h5-8H,1-4H3,(H2,16,17,18). The Kier molecular flexibility index (Phi) is 3.70. The SMILES string of the molecule is Cc1ccccc1-c1nc(N)nc(C)c1C(=O)N(C)C. The number of carbonyl (C=O) groups is 1. The number of amides is 1. The highest BCUT2D eigenvalue weighted by Crippen LogP contribution is 2.27. The van der Waals surface area contributed by atoms with E-state index in [0.717, 1.165) is 11.1 Å². The highest BCUT2D eigenvalue weighted by atomic mass is 16.2. The number of carbonyl (C=O) groups excluding carboxylic acids is 1. The number of hydrogen-bond acceptors (Lipinski definition) is 4. The van der Waals surface area contributed by atoms with Gasteiger partial charge in [-0.25, -0.2) is 9.97 Å². The van der Waals surface area contributed by atoms with Gasteiger partial charge in [0.25, 0.3) is 5.91 Å². The fraction of sp³-hybridized carbons (Fsp3) is 0.267. The van der Waals surface area contributed by atoms with E-state index in [-0.39, 0.29) is 11.9 Å². The normalized spacial score (nSPS) is 10.4. The fourth-order valence-electron chi connectivity index (χ4n) is 2.11. The van der Waals surface area contributed by atoms with Crippen LogP contribution in [0, 0.1) is 13.8 Å². The maximum absolute atomic E-state index is 12.4. The number of benzene rings is 1. The number of rotatable bonds is 2. The van der Waals surface area contributed by atoms with Gasteiger partial charge in [0.05, 0.1) is 17.0 Å². The molecule has 2 N–H and O–H groups in total. The van der Waals surface area contributed by atoms with Crippen molar-refractivity contribution < 1.29 is 4.79 Å². The second kappa shape index (κ2) is 5.28.